The Morgan fingerprint density at radius 2 is 1.38 bits per heavy atom. The van der Waals surface area contributed by atoms with Crippen LogP contribution in [-0.4, -0.2) is 17.4 Å². The SMILES string of the molecule is CCC1=C(/C=C2\C(=O)C(/C=C3/N(CC)c4ccc5ccccc5c4C3(C)C)=C2O)C(C)(C)c2c1ccc1ccccc21. The summed E-state index contributed by atoms with van der Waals surface area (Å²) in [6.45, 7) is 14.0. The van der Waals surface area contributed by atoms with Crippen LogP contribution in [0.2, 0.25) is 0 Å². The van der Waals surface area contributed by atoms with Crippen molar-refractivity contribution in [3.8, 4) is 0 Å². The summed E-state index contributed by atoms with van der Waals surface area (Å²) in [5.74, 6) is 0.00645. The molecule has 2 aliphatic carbocycles. The highest BCUT2D eigenvalue weighted by Gasteiger charge is 2.44. The molecule has 4 aromatic rings. The lowest BCUT2D eigenvalue weighted by molar-refractivity contribution is -0.113. The van der Waals surface area contributed by atoms with Gasteiger partial charge in [0, 0.05) is 28.8 Å². The van der Waals surface area contributed by atoms with Crippen molar-refractivity contribution in [1.29, 1.82) is 0 Å². The van der Waals surface area contributed by atoms with E-state index in [1.165, 1.54) is 49.5 Å². The lowest BCUT2D eigenvalue weighted by atomic mass is 9.76. The van der Waals surface area contributed by atoms with E-state index in [0.29, 0.717) is 11.1 Å². The molecule has 1 heterocycles. The molecule has 0 fully saturated rings. The number of hydrogen-bond donors (Lipinski definition) is 1. The number of benzene rings is 4. The van der Waals surface area contributed by atoms with Crippen LogP contribution in [0.1, 0.15) is 64.7 Å². The van der Waals surface area contributed by atoms with E-state index in [4.69, 9.17) is 0 Å². The molecule has 7 rings (SSSR count). The molecule has 210 valence electrons. The Hall–Kier alpha value is -4.37. The van der Waals surface area contributed by atoms with Gasteiger partial charge in [-0.2, -0.15) is 0 Å². The van der Waals surface area contributed by atoms with Gasteiger partial charge in [-0.25, -0.2) is 0 Å². The molecule has 0 aromatic heterocycles. The number of likely N-dealkylation sites (N-methyl/N-ethyl adjacent to an activating group) is 1. The molecule has 0 bridgehead atoms. The second-order valence-corrected chi connectivity index (χ2v) is 12.8. The number of aliphatic hydroxyl groups excluding tert-OH is 1. The van der Waals surface area contributed by atoms with Crippen LogP contribution in [0.5, 0.6) is 0 Å². The third kappa shape index (κ3) is 3.43. The molecule has 3 heteroatoms. The van der Waals surface area contributed by atoms with Crippen LogP contribution in [0.15, 0.2) is 113 Å². The fourth-order valence-corrected chi connectivity index (χ4v) is 7.83. The predicted molar refractivity (Wildman–Crippen MR) is 175 cm³/mol. The van der Waals surface area contributed by atoms with Crippen LogP contribution in [0.25, 0.3) is 27.1 Å². The molecule has 0 saturated heterocycles. The van der Waals surface area contributed by atoms with Crippen molar-refractivity contribution in [1.82, 2.24) is 0 Å². The minimum Gasteiger partial charge on any atom is -0.506 e. The summed E-state index contributed by atoms with van der Waals surface area (Å²) in [6, 6.07) is 25.8. The van der Waals surface area contributed by atoms with E-state index in [2.05, 4.69) is 119 Å². The van der Waals surface area contributed by atoms with E-state index < -0.39 is 0 Å². The van der Waals surface area contributed by atoms with E-state index in [1.54, 1.807) is 0 Å². The average Bonchev–Trinajstić information content (AvgIpc) is 3.36. The molecular formula is C39H37NO2. The number of carbonyl (C=O) groups excluding carboxylic acids is 1. The quantitative estimate of drug-likeness (QED) is 0.257. The summed E-state index contributed by atoms with van der Waals surface area (Å²) in [7, 11) is 0. The zero-order chi connectivity index (χ0) is 29.6. The lowest BCUT2D eigenvalue weighted by Gasteiger charge is -2.29. The number of rotatable bonds is 4. The molecule has 1 N–H and O–H groups in total. The summed E-state index contributed by atoms with van der Waals surface area (Å²) in [4.78, 5) is 16.0. The van der Waals surface area contributed by atoms with E-state index >= 15 is 0 Å². The highest BCUT2D eigenvalue weighted by molar-refractivity contribution is 6.21. The van der Waals surface area contributed by atoms with Gasteiger partial charge in [0.15, 0.2) is 0 Å². The van der Waals surface area contributed by atoms with Crippen LogP contribution in [0.4, 0.5) is 5.69 Å². The Kier molecular flexibility index (Phi) is 5.72. The summed E-state index contributed by atoms with van der Waals surface area (Å²) in [6.07, 6.45) is 4.76. The summed E-state index contributed by atoms with van der Waals surface area (Å²) in [5, 5.41) is 16.3. The molecule has 0 atom stereocenters. The second kappa shape index (κ2) is 9.06. The van der Waals surface area contributed by atoms with Crippen LogP contribution < -0.4 is 4.90 Å². The first-order chi connectivity index (χ1) is 20.1. The molecule has 1 aliphatic heterocycles. The fraction of sp³-hybridized carbons (Fsp3) is 0.256. The Balaban J connectivity index is 1.33. The van der Waals surface area contributed by atoms with Crippen molar-refractivity contribution in [3.05, 3.63) is 130 Å². The minimum absolute atomic E-state index is 0.0905. The number of hydrogen-bond acceptors (Lipinski definition) is 3. The van der Waals surface area contributed by atoms with Crippen molar-refractivity contribution >= 4 is 38.6 Å². The topological polar surface area (TPSA) is 40.5 Å². The summed E-state index contributed by atoms with van der Waals surface area (Å²) in [5.41, 5.74) is 8.60. The normalized spacial score (nSPS) is 20.7. The Bertz CT molecular complexity index is 1980. The van der Waals surface area contributed by atoms with Gasteiger partial charge in [-0.1, -0.05) is 101 Å². The smallest absolute Gasteiger partial charge is 0.200 e. The first-order valence-corrected chi connectivity index (χ1v) is 15.1. The maximum Gasteiger partial charge on any atom is 0.200 e. The molecule has 0 unspecified atom stereocenters. The monoisotopic (exact) mass is 551 g/mol. The number of anilines is 1. The maximum absolute atomic E-state index is 13.8. The number of aliphatic hydroxyl groups is 1. The number of ketones is 1. The lowest BCUT2D eigenvalue weighted by Crippen LogP contribution is -2.29. The molecule has 4 aromatic carbocycles. The van der Waals surface area contributed by atoms with Gasteiger partial charge in [-0.15, -0.1) is 0 Å². The molecule has 3 nitrogen and oxygen atoms in total. The fourth-order valence-electron chi connectivity index (χ4n) is 7.83. The first-order valence-electron chi connectivity index (χ1n) is 15.1. The summed E-state index contributed by atoms with van der Waals surface area (Å²) < 4.78 is 0. The molecule has 0 amide bonds. The van der Waals surface area contributed by atoms with Crippen LogP contribution in [-0.2, 0) is 15.6 Å². The molecule has 0 saturated carbocycles. The van der Waals surface area contributed by atoms with Gasteiger partial charge in [0.25, 0.3) is 0 Å². The van der Waals surface area contributed by atoms with Gasteiger partial charge in [0.2, 0.25) is 5.78 Å². The van der Waals surface area contributed by atoms with Gasteiger partial charge < -0.3 is 10.0 Å². The minimum atomic E-state index is -0.326. The van der Waals surface area contributed by atoms with E-state index in [1.807, 2.05) is 12.2 Å². The number of carbonyl (C=O) groups is 1. The van der Waals surface area contributed by atoms with Crippen molar-refractivity contribution in [2.45, 2.75) is 58.8 Å². The molecule has 42 heavy (non-hydrogen) atoms. The Morgan fingerprint density at radius 3 is 2.00 bits per heavy atom. The molecule has 0 radical (unpaired) electrons. The van der Waals surface area contributed by atoms with Gasteiger partial charge in [-0.05, 0) is 80.9 Å². The third-order valence-electron chi connectivity index (χ3n) is 9.87. The van der Waals surface area contributed by atoms with Crippen molar-refractivity contribution in [2.75, 3.05) is 11.4 Å². The number of fused-ring (bicyclic) bond motifs is 6. The van der Waals surface area contributed by atoms with Crippen molar-refractivity contribution in [2.24, 2.45) is 0 Å². The van der Waals surface area contributed by atoms with Crippen molar-refractivity contribution < 1.29 is 9.90 Å². The largest absolute Gasteiger partial charge is 0.506 e. The molecule has 0 spiro atoms. The first kappa shape index (κ1) is 26.5. The average molecular weight is 552 g/mol. The third-order valence-corrected chi connectivity index (χ3v) is 9.87. The van der Waals surface area contributed by atoms with Crippen LogP contribution in [0, 0.1) is 0 Å². The number of allylic oxidation sites excluding steroid dienone is 7. The van der Waals surface area contributed by atoms with Gasteiger partial charge >= 0.3 is 0 Å². The number of Topliss-reactive ketones (excluding diaryl/α,β-unsaturated/α-hetero) is 1. The number of nitrogens with zero attached hydrogens (tertiary/aromatic N) is 1. The highest BCUT2D eigenvalue weighted by atomic mass is 16.3. The van der Waals surface area contributed by atoms with Crippen LogP contribution >= 0.6 is 0 Å². The Morgan fingerprint density at radius 1 is 0.762 bits per heavy atom. The maximum atomic E-state index is 13.8. The van der Waals surface area contributed by atoms with Gasteiger partial charge in [0.1, 0.15) is 5.76 Å². The standard InChI is InChI=1S/C39H37NO2/c1-7-25-28-19-17-23-13-9-11-15-26(23)34(28)38(3,4)31(25)21-29-36(41)30(37(29)42)22-33-39(5,6)35-27-16-12-10-14-24(27)18-20-32(35)40(33)8-2/h9-22,41H,7-8H2,1-6H3/b29-21-,33-22+. The van der Waals surface area contributed by atoms with E-state index in [0.717, 1.165) is 24.2 Å². The van der Waals surface area contributed by atoms with Gasteiger partial charge in [-0.3, -0.25) is 4.79 Å². The second-order valence-electron chi connectivity index (χ2n) is 12.8. The van der Waals surface area contributed by atoms with Gasteiger partial charge in [0.05, 0.1) is 11.1 Å². The van der Waals surface area contributed by atoms with E-state index in [9.17, 15) is 9.90 Å². The highest BCUT2D eigenvalue weighted by Crippen LogP contribution is 2.53. The van der Waals surface area contributed by atoms with E-state index in [-0.39, 0.29) is 22.4 Å². The van der Waals surface area contributed by atoms with Crippen molar-refractivity contribution in [3.63, 3.8) is 0 Å². The Labute approximate surface area is 248 Å². The molecule has 3 aliphatic rings. The zero-order valence-electron chi connectivity index (χ0n) is 25.3. The zero-order valence-corrected chi connectivity index (χ0v) is 25.3. The predicted octanol–water partition coefficient (Wildman–Crippen LogP) is 9.47. The van der Waals surface area contributed by atoms with Crippen LogP contribution in [0.3, 0.4) is 0 Å². The summed E-state index contributed by atoms with van der Waals surface area (Å²) >= 11 is 0. The molecular weight excluding hydrogens is 514 g/mol.